The first kappa shape index (κ1) is 51.0. The van der Waals surface area contributed by atoms with Crippen LogP contribution in [0.3, 0.4) is 0 Å². The van der Waals surface area contributed by atoms with Crippen molar-refractivity contribution in [2.75, 3.05) is 0 Å². The molecule has 0 bridgehead atoms. The van der Waals surface area contributed by atoms with Crippen molar-refractivity contribution in [1.82, 2.24) is 15.0 Å². The molecule has 0 aliphatic rings. The van der Waals surface area contributed by atoms with E-state index in [4.69, 9.17) is 0 Å². The predicted molar refractivity (Wildman–Crippen MR) is 77.6 cm³/mol. The Morgan fingerprint density at radius 1 is 0.471 bits per heavy atom. The molecular formula is C3H17N3Na2O6S3. The van der Waals surface area contributed by atoms with E-state index in [2.05, 4.69) is 52.8 Å². The molecule has 0 aromatic carbocycles. The van der Waals surface area contributed by atoms with Gasteiger partial charge >= 0.3 is 59.1 Å². The molecule has 9 nitrogen and oxygen atoms in total. The Balaban J connectivity index is -0.0000000169. The molecule has 100 valence electrons. The first-order valence-corrected chi connectivity index (χ1v) is 3.35. The number of hydrogen-bond acceptors (Lipinski definition) is 6. The van der Waals surface area contributed by atoms with Gasteiger partial charge in [0.15, 0.2) is 15.5 Å². The Morgan fingerprint density at radius 2 is 0.588 bits per heavy atom. The van der Waals surface area contributed by atoms with Crippen molar-refractivity contribution in [3.8, 4) is 0 Å². The number of thiol groups is 3. The van der Waals surface area contributed by atoms with Crippen LogP contribution in [0.1, 0.15) is 0 Å². The second kappa shape index (κ2) is 26.4. The predicted octanol–water partition coefficient (Wildman–Crippen LogP) is -5.51. The molecule has 0 radical (unpaired) electrons. The zero-order chi connectivity index (χ0) is 6.85. The van der Waals surface area contributed by atoms with E-state index in [1.54, 1.807) is 0 Å². The van der Waals surface area contributed by atoms with E-state index >= 15 is 0 Å². The van der Waals surface area contributed by atoms with E-state index in [0.29, 0.717) is 15.5 Å². The van der Waals surface area contributed by atoms with Gasteiger partial charge in [-0.3, -0.25) is 0 Å². The molecule has 0 spiro atoms. The third-order valence-corrected chi connectivity index (χ3v) is 1.20. The first-order chi connectivity index (χ1) is 4.18. The summed E-state index contributed by atoms with van der Waals surface area (Å²) in [7, 11) is 0. The van der Waals surface area contributed by atoms with Crippen LogP contribution in [0.2, 0.25) is 0 Å². The minimum absolute atomic E-state index is 0. The third-order valence-electron chi connectivity index (χ3n) is 0.600. The fraction of sp³-hybridized carbons (Fsp3) is 0. The maximum atomic E-state index is 3.86. The van der Waals surface area contributed by atoms with Crippen LogP contribution < -0.4 is 0 Å². The van der Waals surface area contributed by atoms with E-state index in [1.165, 1.54) is 0 Å². The summed E-state index contributed by atoms with van der Waals surface area (Å²) in [5.74, 6) is 0. The SMILES string of the molecule is O.O.O.O.O.O.Sc1nc(S)nc(S)n1.[NaH].[NaH]. The standard InChI is InChI=1S/C3H3N3S3.2Na.6H2O.2H/c7-1-4-2(8)6-3(9)5-1;;;;;;;;;;/h(H3,4,5,6,7,8,9);;;6*1H2;;. The van der Waals surface area contributed by atoms with Crippen LogP contribution in [-0.4, -0.2) is 107 Å². The summed E-state index contributed by atoms with van der Waals surface area (Å²) in [6, 6.07) is 0. The van der Waals surface area contributed by atoms with Gasteiger partial charge in [-0.2, -0.15) is 15.0 Å². The second-order valence-electron chi connectivity index (χ2n) is 1.24. The molecule has 0 saturated carbocycles. The normalized spacial score (nSPS) is 5.12. The molecule has 14 heteroatoms. The molecule has 1 aromatic rings. The van der Waals surface area contributed by atoms with Gasteiger partial charge < -0.3 is 32.9 Å². The van der Waals surface area contributed by atoms with Crippen molar-refractivity contribution < 1.29 is 32.9 Å². The fourth-order valence-electron chi connectivity index (χ4n) is 0.343. The molecule has 0 aliphatic carbocycles. The van der Waals surface area contributed by atoms with Crippen LogP contribution in [-0.2, 0) is 0 Å². The molecule has 17 heavy (non-hydrogen) atoms. The summed E-state index contributed by atoms with van der Waals surface area (Å²) < 4.78 is 0. The molecule has 12 N–H and O–H groups in total. The summed E-state index contributed by atoms with van der Waals surface area (Å²) in [5.41, 5.74) is 0. The molecule has 0 aliphatic heterocycles. The Kier molecular flexibility index (Phi) is 79.3. The Labute approximate surface area is 158 Å². The van der Waals surface area contributed by atoms with E-state index in [9.17, 15) is 0 Å². The van der Waals surface area contributed by atoms with Crippen molar-refractivity contribution >= 4 is 97.0 Å². The van der Waals surface area contributed by atoms with Crippen LogP contribution in [0.5, 0.6) is 0 Å². The zero-order valence-corrected chi connectivity index (χ0v) is 9.87. The van der Waals surface area contributed by atoms with Gasteiger partial charge in [-0.1, -0.05) is 0 Å². The summed E-state index contributed by atoms with van der Waals surface area (Å²) in [5, 5.41) is 1.00. The molecule has 0 atom stereocenters. The van der Waals surface area contributed by atoms with Gasteiger partial charge in [0.1, 0.15) is 0 Å². The molecular weight excluding hydrogens is 316 g/mol. The Morgan fingerprint density at radius 3 is 0.706 bits per heavy atom. The van der Waals surface area contributed by atoms with Gasteiger partial charge in [0.25, 0.3) is 0 Å². The van der Waals surface area contributed by atoms with Crippen molar-refractivity contribution in [1.29, 1.82) is 0 Å². The van der Waals surface area contributed by atoms with Crippen molar-refractivity contribution in [2.24, 2.45) is 0 Å². The fourth-order valence-corrected chi connectivity index (χ4v) is 1.15. The molecule has 0 unspecified atom stereocenters. The number of hydrogen-bond donors (Lipinski definition) is 3. The first-order valence-electron chi connectivity index (χ1n) is 2.01. The number of aromatic nitrogens is 3. The monoisotopic (exact) mass is 333 g/mol. The summed E-state index contributed by atoms with van der Waals surface area (Å²) in [4.78, 5) is 11.1. The Bertz CT molecular complexity index is 199. The summed E-state index contributed by atoms with van der Waals surface area (Å²) in [6.45, 7) is 0. The van der Waals surface area contributed by atoms with Crippen LogP contribution in [0.15, 0.2) is 15.5 Å². The van der Waals surface area contributed by atoms with Crippen LogP contribution in [0, 0.1) is 0 Å². The number of rotatable bonds is 0. The van der Waals surface area contributed by atoms with Crippen LogP contribution in [0.25, 0.3) is 0 Å². The number of nitrogens with zero attached hydrogens (tertiary/aromatic N) is 3. The van der Waals surface area contributed by atoms with Gasteiger partial charge in [-0.05, 0) is 0 Å². The van der Waals surface area contributed by atoms with Gasteiger partial charge in [0.05, 0.1) is 0 Å². The molecule has 0 fully saturated rings. The average molecular weight is 333 g/mol. The molecule has 0 saturated heterocycles. The summed E-state index contributed by atoms with van der Waals surface area (Å²) >= 11 is 11.6. The van der Waals surface area contributed by atoms with E-state index < -0.39 is 0 Å². The maximum absolute atomic E-state index is 3.86. The zero-order valence-electron chi connectivity index (χ0n) is 7.18. The van der Waals surface area contributed by atoms with Crippen molar-refractivity contribution in [3.05, 3.63) is 0 Å². The van der Waals surface area contributed by atoms with Gasteiger partial charge in [-0.15, -0.1) is 37.9 Å². The quantitative estimate of drug-likeness (QED) is 0.312. The van der Waals surface area contributed by atoms with Gasteiger partial charge in [0, 0.05) is 0 Å². The topological polar surface area (TPSA) is 228 Å². The summed E-state index contributed by atoms with van der Waals surface area (Å²) in [6.07, 6.45) is 0. The van der Waals surface area contributed by atoms with E-state index in [-0.39, 0.29) is 92.0 Å². The van der Waals surface area contributed by atoms with Crippen LogP contribution in [0.4, 0.5) is 0 Å². The van der Waals surface area contributed by atoms with Gasteiger partial charge in [-0.25, -0.2) is 0 Å². The van der Waals surface area contributed by atoms with Gasteiger partial charge in [0.2, 0.25) is 0 Å². The van der Waals surface area contributed by atoms with E-state index in [1.807, 2.05) is 0 Å². The molecule has 1 heterocycles. The molecule has 1 rings (SSSR count). The second-order valence-corrected chi connectivity index (χ2v) is 2.44. The average Bonchev–Trinajstić information content (AvgIpc) is 1.59. The van der Waals surface area contributed by atoms with E-state index in [0.717, 1.165) is 0 Å². The van der Waals surface area contributed by atoms with Crippen molar-refractivity contribution in [3.63, 3.8) is 0 Å². The molecule has 1 aromatic heterocycles. The third kappa shape index (κ3) is 23.4. The minimum atomic E-state index is 0. The Hall–Kier alpha value is 1.82. The van der Waals surface area contributed by atoms with Crippen molar-refractivity contribution in [2.45, 2.75) is 15.5 Å². The van der Waals surface area contributed by atoms with Crippen LogP contribution >= 0.6 is 37.9 Å². The molecule has 0 amide bonds.